The number of likely N-dealkylation sites (N-methyl/N-ethyl adjacent to an activating group) is 1. The molecule has 0 spiro atoms. The number of allylic oxidation sites excluding steroid dienone is 1. The molecule has 0 bridgehead atoms. The molecule has 0 N–H and O–H groups in total. The fraction of sp³-hybridized carbons (Fsp3) is 0.556. The van der Waals surface area contributed by atoms with Gasteiger partial charge in [0.1, 0.15) is 6.29 Å². The fourth-order valence-corrected chi connectivity index (χ4v) is 0.679. The van der Waals surface area contributed by atoms with E-state index in [1.165, 1.54) is 6.08 Å². The van der Waals surface area contributed by atoms with Crippen molar-refractivity contribution < 1.29 is 9.59 Å². The van der Waals surface area contributed by atoms with Crippen LogP contribution in [-0.2, 0) is 9.59 Å². The second kappa shape index (κ2) is 6.73. The van der Waals surface area contributed by atoms with Crippen molar-refractivity contribution in [2.75, 3.05) is 20.6 Å². The van der Waals surface area contributed by atoms with E-state index in [1.807, 2.05) is 19.0 Å². The monoisotopic (exact) mass is 169 g/mol. The van der Waals surface area contributed by atoms with Crippen LogP contribution in [-0.4, -0.2) is 37.6 Å². The third-order valence-corrected chi connectivity index (χ3v) is 1.28. The Hall–Kier alpha value is -0.960. The molecule has 0 unspecified atom stereocenters. The van der Waals surface area contributed by atoms with E-state index in [0.717, 1.165) is 12.8 Å². The van der Waals surface area contributed by atoms with Crippen molar-refractivity contribution in [3.8, 4) is 0 Å². The Bertz CT molecular complexity index is 173. The fourth-order valence-electron chi connectivity index (χ4n) is 0.679. The lowest BCUT2D eigenvalue weighted by atomic mass is 10.2. The highest BCUT2D eigenvalue weighted by Gasteiger charge is 1.94. The number of ketones is 1. The van der Waals surface area contributed by atoms with Gasteiger partial charge in [-0.2, -0.15) is 0 Å². The van der Waals surface area contributed by atoms with Crippen LogP contribution in [0.4, 0.5) is 0 Å². The van der Waals surface area contributed by atoms with Gasteiger partial charge in [0.2, 0.25) is 0 Å². The van der Waals surface area contributed by atoms with Gasteiger partial charge in [-0.05, 0) is 20.2 Å². The molecular weight excluding hydrogens is 154 g/mol. The SMILES string of the molecule is CN(C)C/C=C/C(=O)CCC=O. The summed E-state index contributed by atoms with van der Waals surface area (Å²) in [6.07, 6.45) is 4.74. The van der Waals surface area contributed by atoms with Crippen molar-refractivity contribution in [3.63, 3.8) is 0 Å². The van der Waals surface area contributed by atoms with Crippen molar-refractivity contribution >= 4 is 12.1 Å². The summed E-state index contributed by atoms with van der Waals surface area (Å²) in [4.78, 5) is 22.8. The lowest BCUT2D eigenvalue weighted by Gasteiger charge is -2.02. The number of hydrogen-bond donors (Lipinski definition) is 0. The van der Waals surface area contributed by atoms with Crippen LogP contribution in [0.3, 0.4) is 0 Å². The minimum atomic E-state index is 0.0175. The summed E-state index contributed by atoms with van der Waals surface area (Å²) >= 11 is 0. The summed E-state index contributed by atoms with van der Waals surface area (Å²) in [5, 5.41) is 0. The van der Waals surface area contributed by atoms with Gasteiger partial charge in [-0.15, -0.1) is 0 Å². The predicted octanol–water partition coefficient (Wildman–Crippen LogP) is 0.652. The van der Waals surface area contributed by atoms with Gasteiger partial charge >= 0.3 is 0 Å². The maximum absolute atomic E-state index is 10.9. The lowest BCUT2D eigenvalue weighted by molar-refractivity contribution is -0.116. The quantitative estimate of drug-likeness (QED) is 0.433. The Morgan fingerprint density at radius 3 is 2.58 bits per heavy atom. The second-order valence-corrected chi connectivity index (χ2v) is 2.84. The minimum Gasteiger partial charge on any atom is -0.306 e. The van der Waals surface area contributed by atoms with E-state index >= 15 is 0 Å². The predicted molar refractivity (Wildman–Crippen MR) is 48.0 cm³/mol. The van der Waals surface area contributed by atoms with Crippen LogP contribution in [0.15, 0.2) is 12.2 Å². The maximum Gasteiger partial charge on any atom is 0.155 e. The van der Waals surface area contributed by atoms with E-state index < -0.39 is 0 Å². The van der Waals surface area contributed by atoms with E-state index in [0.29, 0.717) is 12.8 Å². The first-order valence-electron chi connectivity index (χ1n) is 3.94. The molecule has 0 fully saturated rings. The van der Waals surface area contributed by atoms with Crippen LogP contribution >= 0.6 is 0 Å². The van der Waals surface area contributed by atoms with Gasteiger partial charge in [0.15, 0.2) is 5.78 Å². The molecule has 0 aliphatic heterocycles. The lowest BCUT2D eigenvalue weighted by Crippen LogP contribution is -2.10. The summed E-state index contributed by atoms with van der Waals surface area (Å²) in [6.45, 7) is 0.757. The van der Waals surface area contributed by atoms with E-state index in [4.69, 9.17) is 0 Å². The first kappa shape index (κ1) is 11.0. The summed E-state index contributed by atoms with van der Waals surface area (Å²) in [5.41, 5.74) is 0. The van der Waals surface area contributed by atoms with Crippen molar-refractivity contribution in [2.45, 2.75) is 12.8 Å². The number of rotatable bonds is 6. The standard InChI is InChI=1S/C9H15NO2/c1-10(2)7-3-5-9(12)6-4-8-11/h3,5,8H,4,6-7H2,1-2H3/b5-3+. The molecule has 0 aromatic rings. The van der Waals surface area contributed by atoms with Gasteiger partial charge in [-0.1, -0.05) is 6.08 Å². The normalized spacial score (nSPS) is 10.9. The van der Waals surface area contributed by atoms with Crippen LogP contribution in [0, 0.1) is 0 Å². The zero-order chi connectivity index (χ0) is 9.40. The molecule has 68 valence electrons. The molecule has 0 saturated carbocycles. The highest BCUT2D eigenvalue weighted by atomic mass is 16.1. The van der Waals surface area contributed by atoms with Crippen LogP contribution in [0.5, 0.6) is 0 Å². The molecule has 3 heteroatoms. The van der Waals surface area contributed by atoms with Gasteiger partial charge < -0.3 is 9.69 Å². The number of carbonyl (C=O) groups excluding carboxylic acids is 2. The smallest absolute Gasteiger partial charge is 0.155 e. The largest absolute Gasteiger partial charge is 0.306 e. The molecule has 0 aliphatic carbocycles. The average Bonchev–Trinajstić information content (AvgIpc) is 2.00. The first-order chi connectivity index (χ1) is 5.66. The molecule has 3 nitrogen and oxygen atoms in total. The molecule has 0 rings (SSSR count). The molecular formula is C9H15NO2. The Morgan fingerprint density at radius 2 is 2.08 bits per heavy atom. The highest BCUT2D eigenvalue weighted by Crippen LogP contribution is 1.89. The number of hydrogen-bond acceptors (Lipinski definition) is 3. The molecule has 0 saturated heterocycles. The van der Waals surface area contributed by atoms with Crippen LogP contribution in [0.1, 0.15) is 12.8 Å². The van der Waals surface area contributed by atoms with Gasteiger partial charge in [-0.25, -0.2) is 0 Å². The van der Waals surface area contributed by atoms with Crippen LogP contribution < -0.4 is 0 Å². The van der Waals surface area contributed by atoms with E-state index in [2.05, 4.69) is 0 Å². The molecule has 12 heavy (non-hydrogen) atoms. The Balaban J connectivity index is 3.53. The van der Waals surface area contributed by atoms with E-state index in [9.17, 15) is 9.59 Å². The zero-order valence-corrected chi connectivity index (χ0v) is 7.62. The minimum absolute atomic E-state index is 0.0175. The Kier molecular flexibility index (Phi) is 6.19. The number of carbonyl (C=O) groups is 2. The highest BCUT2D eigenvalue weighted by molar-refractivity contribution is 5.90. The number of nitrogens with zero attached hydrogens (tertiary/aromatic N) is 1. The van der Waals surface area contributed by atoms with Crippen molar-refractivity contribution in [3.05, 3.63) is 12.2 Å². The van der Waals surface area contributed by atoms with E-state index in [-0.39, 0.29) is 5.78 Å². The molecule has 0 aromatic carbocycles. The third kappa shape index (κ3) is 7.15. The molecule has 0 heterocycles. The topological polar surface area (TPSA) is 37.4 Å². The van der Waals surface area contributed by atoms with Gasteiger partial charge in [-0.3, -0.25) is 4.79 Å². The number of aldehydes is 1. The molecule has 0 radical (unpaired) electrons. The van der Waals surface area contributed by atoms with Crippen LogP contribution in [0.25, 0.3) is 0 Å². The van der Waals surface area contributed by atoms with E-state index in [1.54, 1.807) is 6.08 Å². The van der Waals surface area contributed by atoms with Gasteiger partial charge in [0.25, 0.3) is 0 Å². The molecule has 0 amide bonds. The zero-order valence-electron chi connectivity index (χ0n) is 7.62. The average molecular weight is 169 g/mol. The summed E-state index contributed by atoms with van der Waals surface area (Å²) < 4.78 is 0. The second-order valence-electron chi connectivity index (χ2n) is 2.84. The Labute approximate surface area is 73.1 Å². The first-order valence-corrected chi connectivity index (χ1v) is 3.94. The van der Waals surface area contributed by atoms with Crippen LogP contribution in [0.2, 0.25) is 0 Å². The molecule has 0 aromatic heterocycles. The van der Waals surface area contributed by atoms with Crippen molar-refractivity contribution in [2.24, 2.45) is 0 Å². The maximum atomic E-state index is 10.9. The van der Waals surface area contributed by atoms with Crippen molar-refractivity contribution in [1.82, 2.24) is 4.90 Å². The molecule has 0 atom stereocenters. The third-order valence-electron chi connectivity index (χ3n) is 1.28. The Morgan fingerprint density at radius 1 is 1.42 bits per heavy atom. The van der Waals surface area contributed by atoms with Gasteiger partial charge in [0.05, 0.1) is 0 Å². The summed E-state index contributed by atoms with van der Waals surface area (Å²) in [7, 11) is 3.86. The summed E-state index contributed by atoms with van der Waals surface area (Å²) in [6, 6.07) is 0. The van der Waals surface area contributed by atoms with Crippen molar-refractivity contribution in [1.29, 1.82) is 0 Å². The summed E-state index contributed by atoms with van der Waals surface area (Å²) in [5.74, 6) is 0.0175. The molecule has 0 aliphatic rings. The van der Waals surface area contributed by atoms with Gasteiger partial charge in [0, 0.05) is 19.4 Å².